The van der Waals surface area contributed by atoms with E-state index in [0.29, 0.717) is 21.8 Å². The van der Waals surface area contributed by atoms with Crippen LogP contribution in [0.4, 0.5) is 5.69 Å². The van der Waals surface area contributed by atoms with Gasteiger partial charge in [0.15, 0.2) is 12.4 Å². The van der Waals surface area contributed by atoms with Crippen LogP contribution in [0, 0.1) is 11.3 Å². The SMILES string of the molecule is N#Cc1cc2c(nc1SC1CC(=O)N(c3ccc(C(=O)OCC(=O)c4ccc5c(c4)Cc4ccccc4-5)cc3)C1=O)CCCC2. The number of aryl methyl sites for hydroxylation is 2. The molecular weight excluding hydrogens is 586 g/mol. The molecule has 3 aliphatic rings. The topological polar surface area (TPSA) is 117 Å². The number of ether oxygens (including phenoxy) is 1. The number of carbonyl (C=O) groups is 4. The molecule has 45 heavy (non-hydrogen) atoms. The molecule has 1 unspecified atom stereocenters. The average Bonchev–Trinajstić information content (AvgIpc) is 3.58. The van der Waals surface area contributed by atoms with Gasteiger partial charge in [-0.3, -0.25) is 14.4 Å². The normalized spacial score (nSPS) is 16.5. The molecular formula is C36H27N3O5S. The fraction of sp³-hybridized carbons (Fsp3) is 0.222. The van der Waals surface area contributed by atoms with Crippen LogP contribution < -0.4 is 4.90 Å². The van der Waals surface area contributed by atoms with Gasteiger partial charge in [0.1, 0.15) is 11.1 Å². The molecule has 3 aromatic carbocycles. The minimum atomic E-state index is -0.706. The number of imide groups is 1. The quantitative estimate of drug-likeness (QED) is 0.127. The van der Waals surface area contributed by atoms with Gasteiger partial charge in [0.25, 0.3) is 0 Å². The van der Waals surface area contributed by atoms with Crippen LogP contribution in [0.5, 0.6) is 0 Å². The molecule has 1 atom stereocenters. The van der Waals surface area contributed by atoms with Gasteiger partial charge < -0.3 is 4.74 Å². The molecule has 9 heteroatoms. The van der Waals surface area contributed by atoms with Gasteiger partial charge in [-0.25, -0.2) is 14.7 Å². The molecule has 2 aliphatic carbocycles. The Morgan fingerprint density at radius 2 is 1.67 bits per heavy atom. The van der Waals surface area contributed by atoms with Crippen molar-refractivity contribution in [2.24, 2.45) is 0 Å². The van der Waals surface area contributed by atoms with Gasteiger partial charge in [-0.2, -0.15) is 5.26 Å². The molecule has 1 saturated heterocycles. The summed E-state index contributed by atoms with van der Waals surface area (Å²) in [7, 11) is 0. The Balaban J connectivity index is 0.983. The Bertz CT molecular complexity index is 1950. The number of esters is 1. The number of carbonyl (C=O) groups excluding carboxylic acids is 4. The predicted molar refractivity (Wildman–Crippen MR) is 168 cm³/mol. The highest BCUT2D eigenvalue weighted by atomic mass is 32.2. The Hall–Kier alpha value is -5.07. The molecule has 0 N–H and O–H groups in total. The Kier molecular flexibility index (Phi) is 7.51. The maximum atomic E-state index is 13.3. The van der Waals surface area contributed by atoms with E-state index in [4.69, 9.17) is 9.72 Å². The highest BCUT2D eigenvalue weighted by molar-refractivity contribution is 8.00. The van der Waals surface area contributed by atoms with Crippen LogP contribution in [0.25, 0.3) is 11.1 Å². The van der Waals surface area contributed by atoms with Gasteiger partial charge in [-0.15, -0.1) is 0 Å². The number of pyridine rings is 1. The monoisotopic (exact) mass is 613 g/mol. The van der Waals surface area contributed by atoms with Crippen molar-refractivity contribution in [1.29, 1.82) is 5.26 Å². The summed E-state index contributed by atoms with van der Waals surface area (Å²) >= 11 is 1.15. The van der Waals surface area contributed by atoms with Crippen molar-refractivity contribution in [3.63, 3.8) is 0 Å². The van der Waals surface area contributed by atoms with Crippen molar-refractivity contribution in [1.82, 2.24) is 4.98 Å². The second-order valence-electron chi connectivity index (χ2n) is 11.4. The molecule has 0 bridgehead atoms. The highest BCUT2D eigenvalue weighted by Gasteiger charge is 2.41. The molecule has 2 heterocycles. The number of benzene rings is 3. The molecule has 1 aliphatic heterocycles. The van der Waals surface area contributed by atoms with Crippen LogP contribution in [-0.2, 0) is 33.6 Å². The number of hydrogen-bond donors (Lipinski definition) is 0. The average molecular weight is 614 g/mol. The Morgan fingerprint density at radius 1 is 0.911 bits per heavy atom. The van der Waals surface area contributed by atoms with Gasteiger partial charge in [0, 0.05) is 17.7 Å². The second kappa shape index (κ2) is 11.8. The van der Waals surface area contributed by atoms with Crippen LogP contribution in [-0.4, -0.2) is 40.4 Å². The molecule has 4 aromatic rings. The second-order valence-corrected chi connectivity index (χ2v) is 12.6. The standard InChI is InChI=1S/C36H27N3O5S/c37-19-26-16-23-6-2-4-8-30(23)38-34(26)45-32-18-33(41)39(35(32)42)27-12-9-21(10-13-27)36(43)44-20-31(40)24-11-14-29-25(17-24)15-22-5-1-3-7-28(22)29/h1,3,5,7,9-14,16-17,32H,2,4,6,8,15,18,20H2. The van der Waals surface area contributed by atoms with Crippen LogP contribution in [0.2, 0.25) is 0 Å². The maximum absolute atomic E-state index is 13.3. The molecule has 7 rings (SSSR count). The van der Waals surface area contributed by atoms with Gasteiger partial charge in [0.2, 0.25) is 11.8 Å². The molecule has 1 aromatic heterocycles. The van der Waals surface area contributed by atoms with Crippen molar-refractivity contribution in [3.05, 3.63) is 112 Å². The minimum Gasteiger partial charge on any atom is -0.454 e. The van der Waals surface area contributed by atoms with Crippen molar-refractivity contribution in [2.75, 3.05) is 11.5 Å². The maximum Gasteiger partial charge on any atom is 0.338 e. The molecule has 222 valence electrons. The lowest BCUT2D eigenvalue weighted by Gasteiger charge is -2.18. The van der Waals surface area contributed by atoms with E-state index in [-0.39, 0.29) is 23.7 Å². The van der Waals surface area contributed by atoms with Crippen LogP contribution in [0.3, 0.4) is 0 Å². The predicted octanol–water partition coefficient (Wildman–Crippen LogP) is 5.87. The number of fused-ring (bicyclic) bond motifs is 4. The summed E-state index contributed by atoms with van der Waals surface area (Å²) < 4.78 is 5.31. The summed E-state index contributed by atoms with van der Waals surface area (Å²) in [6.07, 6.45) is 4.57. The Labute approximate surface area is 264 Å². The number of hydrogen-bond acceptors (Lipinski definition) is 8. The fourth-order valence-electron chi connectivity index (χ4n) is 6.25. The Morgan fingerprint density at radius 3 is 2.49 bits per heavy atom. The first-order chi connectivity index (χ1) is 21.9. The number of anilines is 1. The van der Waals surface area contributed by atoms with E-state index in [1.165, 1.54) is 35.4 Å². The first-order valence-corrected chi connectivity index (χ1v) is 15.8. The van der Waals surface area contributed by atoms with Crippen molar-refractivity contribution < 1.29 is 23.9 Å². The van der Waals surface area contributed by atoms with Gasteiger partial charge in [0.05, 0.1) is 22.1 Å². The largest absolute Gasteiger partial charge is 0.454 e. The fourth-order valence-corrected chi connectivity index (χ4v) is 7.35. The summed E-state index contributed by atoms with van der Waals surface area (Å²) in [6, 6.07) is 23.7. The number of rotatable bonds is 7. The van der Waals surface area contributed by atoms with E-state index in [1.807, 2.05) is 30.3 Å². The molecule has 1 fully saturated rings. The third kappa shape index (κ3) is 5.42. The smallest absolute Gasteiger partial charge is 0.338 e. The minimum absolute atomic E-state index is 0.0200. The van der Waals surface area contributed by atoms with Crippen molar-refractivity contribution in [3.8, 4) is 17.2 Å². The number of amides is 2. The summed E-state index contributed by atoms with van der Waals surface area (Å²) in [5.41, 5.74) is 8.04. The van der Waals surface area contributed by atoms with Crippen LogP contribution >= 0.6 is 11.8 Å². The zero-order valence-corrected chi connectivity index (χ0v) is 25.1. The molecule has 0 spiro atoms. The van der Waals surface area contributed by atoms with E-state index in [2.05, 4.69) is 18.2 Å². The molecule has 2 amide bonds. The summed E-state index contributed by atoms with van der Waals surface area (Å²) in [5.74, 6) is -1.75. The van der Waals surface area contributed by atoms with E-state index in [9.17, 15) is 24.4 Å². The number of thioether (sulfide) groups is 1. The third-order valence-corrected chi connectivity index (χ3v) is 9.74. The lowest BCUT2D eigenvalue weighted by atomic mass is 9.95. The number of nitrogens with zero attached hydrogens (tertiary/aromatic N) is 3. The van der Waals surface area contributed by atoms with E-state index < -0.39 is 23.7 Å². The first-order valence-electron chi connectivity index (χ1n) is 14.9. The highest BCUT2D eigenvalue weighted by Crippen LogP contribution is 2.38. The summed E-state index contributed by atoms with van der Waals surface area (Å²) in [6.45, 7) is -0.407. The first kappa shape index (κ1) is 28.7. The number of Topliss-reactive ketones (excluding diaryl/α,β-unsaturated/α-hetero) is 1. The molecule has 0 saturated carbocycles. The van der Waals surface area contributed by atoms with Crippen LogP contribution in [0.1, 0.15) is 67.9 Å². The van der Waals surface area contributed by atoms with E-state index in [1.54, 1.807) is 6.07 Å². The number of aromatic nitrogens is 1. The summed E-state index contributed by atoms with van der Waals surface area (Å²) in [4.78, 5) is 57.6. The van der Waals surface area contributed by atoms with Gasteiger partial charge in [-0.1, -0.05) is 48.2 Å². The van der Waals surface area contributed by atoms with E-state index in [0.717, 1.165) is 71.2 Å². The number of ketones is 1. The third-order valence-electron chi connectivity index (χ3n) is 8.56. The van der Waals surface area contributed by atoms with Gasteiger partial charge >= 0.3 is 5.97 Å². The van der Waals surface area contributed by atoms with E-state index >= 15 is 0 Å². The number of nitriles is 1. The van der Waals surface area contributed by atoms with Crippen molar-refractivity contribution >= 4 is 41.0 Å². The zero-order valence-electron chi connectivity index (χ0n) is 24.2. The molecule has 8 nitrogen and oxygen atoms in total. The molecule has 0 radical (unpaired) electrons. The van der Waals surface area contributed by atoms with Crippen molar-refractivity contribution in [2.45, 2.75) is 48.8 Å². The van der Waals surface area contributed by atoms with Gasteiger partial charge in [-0.05, 0) is 96.3 Å². The lowest BCUT2D eigenvalue weighted by molar-refractivity contribution is -0.121. The zero-order chi connectivity index (χ0) is 31.1. The lowest BCUT2D eigenvalue weighted by Crippen LogP contribution is -2.31. The van der Waals surface area contributed by atoms with Crippen LogP contribution in [0.15, 0.2) is 77.8 Å². The summed E-state index contributed by atoms with van der Waals surface area (Å²) in [5, 5.41) is 9.45.